The lowest BCUT2D eigenvalue weighted by atomic mass is 10.0. The van der Waals surface area contributed by atoms with Crippen molar-refractivity contribution in [3.63, 3.8) is 0 Å². The molecular formula is C21H25Cl2N2O3P. The monoisotopic (exact) mass is 454 g/mol. The summed E-state index contributed by atoms with van der Waals surface area (Å²) in [5.41, 5.74) is 6.95. The molecule has 2 heterocycles. The van der Waals surface area contributed by atoms with Crippen LogP contribution in [0.2, 0.25) is 0 Å². The number of aromatic nitrogens is 2. The highest BCUT2D eigenvalue weighted by molar-refractivity contribution is 7.51. The van der Waals surface area contributed by atoms with E-state index < -0.39 is 13.4 Å². The number of hydrogen-bond acceptors (Lipinski definition) is 1. The molecular weight excluding hydrogens is 430 g/mol. The van der Waals surface area contributed by atoms with Crippen molar-refractivity contribution < 1.29 is 48.3 Å². The van der Waals surface area contributed by atoms with Crippen LogP contribution in [0.1, 0.15) is 29.4 Å². The first kappa shape index (κ1) is 25.3. The van der Waals surface area contributed by atoms with Crippen LogP contribution < -0.4 is 33.9 Å². The molecule has 0 saturated carbocycles. The van der Waals surface area contributed by atoms with Crippen LogP contribution in [0.5, 0.6) is 0 Å². The molecule has 3 rings (SSSR count). The third-order valence-electron chi connectivity index (χ3n) is 4.83. The molecule has 1 aromatic carbocycles. The fourth-order valence-corrected chi connectivity index (χ4v) is 3.90. The summed E-state index contributed by atoms with van der Waals surface area (Å²) < 4.78 is 15.1. The van der Waals surface area contributed by atoms with E-state index in [-0.39, 0.29) is 24.8 Å². The van der Waals surface area contributed by atoms with Crippen molar-refractivity contribution in [2.75, 3.05) is 0 Å². The average Bonchev–Trinajstić information content (AvgIpc) is 2.60. The number of pyridine rings is 2. The normalized spacial score (nSPS) is 11.9. The molecule has 0 bridgehead atoms. The Morgan fingerprint density at radius 2 is 1.24 bits per heavy atom. The molecule has 3 aromatic rings. The summed E-state index contributed by atoms with van der Waals surface area (Å²) >= 11 is 0. The SMILES string of the molecule is Cc1cc(C)c(-[n+]2ccc(-c3cc[n+](C(C)P(=O)(O)O)cc3)cc2)c(C)c1.[Cl-].[Cl-]. The molecule has 0 fully saturated rings. The second kappa shape index (κ2) is 9.84. The molecule has 8 heteroatoms. The van der Waals surface area contributed by atoms with Crippen LogP contribution in [0.3, 0.4) is 0 Å². The van der Waals surface area contributed by atoms with Gasteiger partial charge >= 0.3 is 7.60 Å². The van der Waals surface area contributed by atoms with Gasteiger partial charge in [0.15, 0.2) is 24.8 Å². The Morgan fingerprint density at radius 3 is 1.66 bits per heavy atom. The lowest BCUT2D eigenvalue weighted by Crippen LogP contribution is -3.00. The van der Waals surface area contributed by atoms with Crippen molar-refractivity contribution in [1.29, 1.82) is 0 Å². The van der Waals surface area contributed by atoms with Crippen LogP contribution in [-0.4, -0.2) is 9.79 Å². The van der Waals surface area contributed by atoms with E-state index in [0.29, 0.717) is 0 Å². The van der Waals surface area contributed by atoms with Gasteiger partial charge in [-0.2, -0.15) is 9.13 Å². The van der Waals surface area contributed by atoms with E-state index in [2.05, 4.69) is 37.5 Å². The fourth-order valence-electron chi connectivity index (χ4n) is 3.40. The predicted molar refractivity (Wildman–Crippen MR) is 105 cm³/mol. The fraction of sp³-hybridized carbons (Fsp3) is 0.238. The summed E-state index contributed by atoms with van der Waals surface area (Å²) in [6, 6.07) is 12.2. The lowest BCUT2D eigenvalue weighted by Gasteiger charge is -2.09. The molecule has 0 saturated heterocycles. The van der Waals surface area contributed by atoms with Gasteiger partial charge in [0.1, 0.15) is 0 Å². The van der Waals surface area contributed by atoms with Crippen LogP contribution in [-0.2, 0) is 4.57 Å². The Labute approximate surface area is 184 Å². The van der Waals surface area contributed by atoms with Gasteiger partial charge in [-0.15, -0.1) is 0 Å². The van der Waals surface area contributed by atoms with Gasteiger partial charge in [0.25, 0.3) is 5.78 Å². The van der Waals surface area contributed by atoms with Gasteiger partial charge in [0.2, 0.25) is 5.69 Å². The van der Waals surface area contributed by atoms with Crippen LogP contribution >= 0.6 is 7.60 Å². The van der Waals surface area contributed by atoms with E-state index in [9.17, 15) is 14.4 Å². The molecule has 0 aliphatic carbocycles. The first-order chi connectivity index (χ1) is 12.7. The minimum absolute atomic E-state index is 0. The van der Waals surface area contributed by atoms with Gasteiger partial charge in [-0.05, 0) is 44.0 Å². The zero-order chi connectivity index (χ0) is 19.8. The third-order valence-corrected chi connectivity index (χ3v) is 6.07. The van der Waals surface area contributed by atoms with Crippen molar-refractivity contribution in [3.05, 3.63) is 77.9 Å². The highest BCUT2D eigenvalue weighted by Gasteiger charge is 2.32. The van der Waals surface area contributed by atoms with Crippen LogP contribution in [0.15, 0.2) is 61.2 Å². The van der Waals surface area contributed by atoms with Gasteiger partial charge in [-0.3, -0.25) is 4.57 Å². The van der Waals surface area contributed by atoms with Crippen molar-refractivity contribution in [3.8, 4) is 16.8 Å². The van der Waals surface area contributed by atoms with E-state index in [1.165, 1.54) is 33.9 Å². The Balaban J connectivity index is 0.00000210. The van der Waals surface area contributed by atoms with Crippen molar-refractivity contribution in [2.45, 2.75) is 33.5 Å². The molecule has 1 unspecified atom stereocenters. The van der Waals surface area contributed by atoms with Crippen molar-refractivity contribution >= 4 is 7.60 Å². The standard InChI is InChI=1S/C21H23N2O3P.2ClH/c1-15-13-16(2)21(17(3)14-15)23-11-7-20(8-12-23)19-5-9-22(10-6-19)18(4)27(24,25)26;;/h5-14,18H,1-4H3;2*1H. The van der Waals surface area contributed by atoms with Crippen LogP contribution in [0.4, 0.5) is 0 Å². The molecule has 2 aromatic heterocycles. The molecule has 0 amide bonds. The summed E-state index contributed by atoms with van der Waals surface area (Å²) in [5, 5.41) is 0. The largest absolute Gasteiger partial charge is 1.00 e. The summed E-state index contributed by atoms with van der Waals surface area (Å²) in [4.78, 5) is 18.6. The second-order valence-corrected chi connectivity index (χ2v) is 8.92. The molecule has 156 valence electrons. The van der Waals surface area contributed by atoms with Gasteiger partial charge in [-0.1, -0.05) is 5.56 Å². The number of rotatable bonds is 4. The summed E-state index contributed by atoms with van der Waals surface area (Å²) in [5.74, 6) is -0.878. The number of aryl methyl sites for hydroxylation is 3. The number of hydrogen-bond donors (Lipinski definition) is 2. The molecule has 2 N–H and O–H groups in total. The van der Waals surface area contributed by atoms with Crippen molar-refractivity contribution in [1.82, 2.24) is 0 Å². The molecule has 0 spiro atoms. The van der Waals surface area contributed by atoms with Gasteiger partial charge in [0, 0.05) is 42.3 Å². The van der Waals surface area contributed by atoms with E-state index in [4.69, 9.17) is 0 Å². The lowest BCUT2D eigenvalue weighted by molar-refractivity contribution is -0.701. The second-order valence-electron chi connectivity index (χ2n) is 7.00. The first-order valence-electron chi connectivity index (χ1n) is 8.83. The predicted octanol–water partition coefficient (Wildman–Crippen LogP) is -2.45. The molecule has 5 nitrogen and oxygen atoms in total. The minimum Gasteiger partial charge on any atom is -1.00 e. The number of benzene rings is 1. The quantitative estimate of drug-likeness (QED) is 0.339. The van der Waals surface area contributed by atoms with Gasteiger partial charge in [0.05, 0.1) is 0 Å². The number of halogens is 2. The molecule has 0 aliphatic rings. The highest BCUT2D eigenvalue weighted by atomic mass is 35.5. The smallest absolute Gasteiger partial charge is 0.392 e. The molecule has 1 atom stereocenters. The van der Waals surface area contributed by atoms with Crippen molar-refractivity contribution in [2.24, 2.45) is 0 Å². The van der Waals surface area contributed by atoms with Gasteiger partial charge < -0.3 is 34.6 Å². The van der Waals surface area contributed by atoms with E-state index in [1.807, 2.05) is 36.7 Å². The summed E-state index contributed by atoms with van der Waals surface area (Å²) in [7, 11) is -4.16. The summed E-state index contributed by atoms with van der Waals surface area (Å²) in [6.07, 6.45) is 7.49. The van der Waals surface area contributed by atoms with Crippen LogP contribution in [0, 0.1) is 20.8 Å². The molecule has 0 aliphatic heterocycles. The summed E-state index contributed by atoms with van der Waals surface area (Å²) in [6.45, 7) is 7.85. The zero-order valence-electron chi connectivity index (χ0n) is 16.8. The minimum atomic E-state index is -4.16. The Kier molecular flexibility index (Phi) is 8.58. The first-order valence-corrected chi connectivity index (χ1v) is 10.5. The maximum atomic E-state index is 11.4. The Hall–Kier alpha value is -1.75. The Morgan fingerprint density at radius 1 is 0.828 bits per heavy atom. The maximum Gasteiger partial charge on any atom is 0.392 e. The third kappa shape index (κ3) is 5.65. The topological polar surface area (TPSA) is 65.3 Å². The maximum absolute atomic E-state index is 11.4. The highest BCUT2D eigenvalue weighted by Crippen LogP contribution is 2.45. The molecule has 0 radical (unpaired) electrons. The van der Waals surface area contributed by atoms with E-state index in [0.717, 1.165) is 11.1 Å². The molecule has 29 heavy (non-hydrogen) atoms. The van der Waals surface area contributed by atoms with Gasteiger partial charge in [-0.25, -0.2) is 0 Å². The van der Waals surface area contributed by atoms with E-state index >= 15 is 0 Å². The Bertz CT molecular complexity index is 996. The average molecular weight is 455 g/mol. The number of nitrogens with zero attached hydrogens (tertiary/aromatic N) is 2. The zero-order valence-corrected chi connectivity index (χ0v) is 19.2. The van der Waals surface area contributed by atoms with Crippen LogP contribution in [0.25, 0.3) is 16.8 Å². The van der Waals surface area contributed by atoms with E-state index in [1.54, 1.807) is 12.4 Å².